The van der Waals surface area contributed by atoms with E-state index in [-0.39, 0.29) is 15.5 Å². The Kier molecular flexibility index (Phi) is 6.38. The molecule has 0 aliphatic heterocycles. The van der Waals surface area contributed by atoms with Crippen LogP contribution in [0.2, 0.25) is 0 Å². The van der Waals surface area contributed by atoms with Gasteiger partial charge in [-0.15, -0.1) is 11.3 Å². The topological polar surface area (TPSA) is 120 Å². The maximum absolute atomic E-state index is 13.6. The van der Waals surface area contributed by atoms with Gasteiger partial charge in [0.25, 0.3) is 0 Å². The number of hydrogen-bond donors (Lipinski definition) is 0. The monoisotopic (exact) mass is 465 g/mol. The van der Waals surface area contributed by atoms with Gasteiger partial charge in [0.2, 0.25) is 0 Å². The van der Waals surface area contributed by atoms with Crippen molar-refractivity contribution in [1.82, 2.24) is 4.98 Å². The summed E-state index contributed by atoms with van der Waals surface area (Å²) in [4.78, 5) is 17.0. The Balaban J connectivity index is 1.69. The van der Waals surface area contributed by atoms with Gasteiger partial charge in [0.15, 0.2) is 17.4 Å². The summed E-state index contributed by atoms with van der Waals surface area (Å²) in [6.07, 6.45) is 0.851. The molecule has 7 nitrogen and oxygen atoms in total. The lowest BCUT2D eigenvalue weighted by Gasteiger charge is -2.23. The van der Waals surface area contributed by atoms with Crippen LogP contribution in [0.25, 0.3) is 10.4 Å². The molecule has 156 valence electrons. The van der Waals surface area contributed by atoms with Crippen molar-refractivity contribution in [3.8, 4) is 22.3 Å². The summed E-state index contributed by atoms with van der Waals surface area (Å²) in [6.45, 7) is 1.84. The number of benzene rings is 1. The van der Waals surface area contributed by atoms with Gasteiger partial charge < -0.3 is 9.42 Å². The fraction of sp³-hybridized carbons (Fsp3) is 0.158. The molecule has 0 amide bonds. The number of hydrogen-bond acceptors (Lipinski definition) is 8. The average Bonchev–Trinajstić information content (AvgIpc) is 3.18. The second-order valence-electron chi connectivity index (χ2n) is 6.31. The van der Waals surface area contributed by atoms with E-state index in [2.05, 4.69) is 4.98 Å². The van der Waals surface area contributed by atoms with Gasteiger partial charge in [0, 0.05) is 34.6 Å². The molecule has 3 rings (SSSR count). The van der Waals surface area contributed by atoms with Crippen LogP contribution >= 0.6 is 18.9 Å². The summed E-state index contributed by atoms with van der Waals surface area (Å²) >= 11 is 1.02. The van der Waals surface area contributed by atoms with Crippen LogP contribution in [0, 0.1) is 24.1 Å². The highest BCUT2D eigenvalue weighted by Crippen LogP contribution is 2.40. The number of nitriles is 1. The predicted molar refractivity (Wildman–Crippen MR) is 109 cm³/mol. The fourth-order valence-electron chi connectivity index (χ4n) is 2.44. The molecule has 0 N–H and O–H groups in total. The Morgan fingerprint density at radius 3 is 2.67 bits per heavy atom. The summed E-state index contributed by atoms with van der Waals surface area (Å²) in [5, 5.41) is 8.69. The van der Waals surface area contributed by atoms with Gasteiger partial charge in [-0.3, -0.25) is 9.55 Å². The number of rotatable bonds is 7. The first-order valence-corrected chi connectivity index (χ1v) is 12.7. The predicted octanol–water partition coefficient (Wildman–Crippen LogP) is 3.54. The molecular formula is C19H15FN2O5PS2-. The van der Waals surface area contributed by atoms with Crippen LogP contribution < -0.4 is 9.42 Å². The molecule has 1 unspecified atom stereocenters. The van der Waals surface area contributed by atoms with E-state index in [0.717, 1.165) is 40.8 Å². The van der Waals surface area contributed by atoms with Gasteiger partial charge in [0.1, 0.15) is 21.8 Å². The van der Waals surface area contributed by atoms with E-state index in [4.69, 9.17) is 9.79 Å². The van der Waals surface area contributed by atoms with Gasteiger partial charge >= 0.3 is 0 Å². The van der Waals surface area contributed by atoms with E-state index >= 15 is 0 Å². The molecule has 0 aliphatic rings. The Hall–Kier alpha value is -2.57. The van der Waals surface area contributed by atoms with Crippen LogP contribution in [0.4, 0.5) is 4.39 Å². The van der Waals surface area contributed by atoms with Gasteiger partial charge in [-0.2, -0.15) is 5.26 Å². The lowest BCUT2D eigenvalue weighted by Crippen LogP contribution is -2.18. The summed E-state index contributed by atoms with van der Waals surface area (Å²) in [5.74, 6) is -1.94. The summed E-state index contributed by atoms with van der Waals surface area (Å²) in [5.41, 5.74) is 1.33. The normalized spacial score (nSPS) is 13.4. The summed E-state index contributed by atoms with van der Waals surface area (Å²) in [6, 6.07) is 11.3. The van der Waals surface area contributed by atoms with Crippen LogP contribution in [0.1, 0.15) is 11.3 Å². The molecule has 0 spiro atoms. The van der Waals surface area contributed by atoms with Crippen molar-refractivity contribution >= 4 is 28.8 Å². The van der Waals surface area contributed by atoms with Gasteiger partial charge in [0.05, 0.1) is 11.3 Å². The van der Waals surface area contributed by atoms with Crippen molar-refractivity contribution in [1.29, 1.82) is 5.26 Å². The zero-order valence-corrected chi connectivity index (χ0v) is 18.1. The highest BCUT2D eigenvalue weighted by Gasteiger charge is 2.22. The first kappa shape index (κ1) is 22.1. The molecule has 0 saturated heterocycles. The van der Waals surface area contributed by atoms with Crippen LogP contribution in [-0.4, -0.2) is 25.3 Å². The number of nitrogens with zero attached hydrogens (tertiary/aromatic N) is 2. The van der Waals surface area contributed by atoms with E-state index in [1.54, 1.807) is 24.4 Å². The minimum absolute atomic E-state index is 0.0301. The number of pyridine rings is 1. The van der Waals surface area contributed by atoms with Gasteiger partial charge in [-0.05, 0) is 37.3 Å². The highest BCUT2D eigenvalue weighted by atomic mass is 32.2. The third kappa shape index (κ3) is 5.32. The molecule has 0 bridgehead atoms. The number of thiophene rings is 1. The van der Waals surface area contributed by atoms with Crippen LogP contribution in [-0.2, 0) is 14.4 Å². The zero-order valence-electron chi connectivity index (χ0n) is 15.6. The molecule has 30 heavy (non-hydrogen) atoms. The van der Waals surface area contributed by atoms with E-state index in [9.17, 15) is 22.3 Å². The maximum Gasteiger partial charge on any atom is 0.188 e. The molecule has 3 aromatic rings. The Labute approximate surface area is 176 Å². The number of aromatic nitrogens is 1. The molecule has 0 radical (unpaired) electrons. The van der Waals surface area contributed by atoms with Crippen molar-refractivity contribution < 1.29 is 26.8 Å². The van der Waals surface area contributed by atoms with Crippen molar-refractivity contribution in [2.45, 2.75) is 11.1 Å². The first-order valence-electron chi connectivity index (χ1n) is 8.54. The highest BCUT2D eigenvalue weighted by molar-refractivity contribution is 7.93. The molecular weight excluding hydrogens is 450 g/mol. The minimum atomic E-state index is -4.62. The van der Waals surface area contributed by atoms with Crippen LogP contribution in [0.5, 0.6) is 5.75 Å². The molecule has 0 fully saturated rings. The van der Waals surface area contributed by atoms with Gasteiger partial charge in [-0.1, -0.05) is 6.07 Å². The zero-order chi connectivity index (χ0) is 21.9. The second-order valence-corrected chi connectivity index (χ2v) is 11.6. The molecule has 1 aromatic carbocycles. The van der Waals surface area contributed by atoms with Crippen molar-refractivity contribution in [2.24, 2.45) is 0 Å². The Morgan fingerprint density at radius 2 is 2.03 bits per heavy atom. The summed E-state index contributed by atoms with van der Waals surface area (Å²) < 4.78 is 55.7. The quantitative estimate of drug-likeness (QED) is 0.490. The van der Waals surface area contributed by atoms with Crippen molar-refractivity contribution in [3.63, 3.8) is 0 Å². The lowest BCUT2D eigenvalue weighted by atomic mass is 10.2. The average molecular weight is 465 g/mol. The van der Waals surface area contributed by atoms with E-state index in [0.29, 0.717) is 4.88 Å². The van der Waals surface area contributed by atoms with E-state index < -0.39 is 35.2 Å². The Morgan fingerprint density at radius 1 is 1.27 bits per heavy atom. The molecule has 1 atom stereocenters. The molecule has 2 aromatic heterocycles. The molecule has 2 heterocycles. The minimum Gasteiger partial charge on any atom is -0.769 e. The third-order valence-electron chi connectivity index (χ3n) is 4.02. The number of aryl methyl sites for hydroxylation is 1. The fourth-order valence-corrected chi connectivity index (χ4v) is 7.05. The molecule has 0 saturated carbocycles. The lowest BCUT2D eigenvalue weighted by molar-refractivity contribution is -0.190. The maximum atomic E-state index is 13.6. The standard InChI is InChI=1S/C19H16FN2O5PS2/c1-13-2-3-15(12-22-13)18-6-7-19(29-18)30(25,26)9-8-28(23,24)27-16-5-4-14(11-21)17(20)10-16/h2-7,10,12H,8-9H2,1H3,(H,23,24)/p-1. The van der Waals surface area contributed by atoms with Crippen molar-refractivity contribution in [3.05, 3.63) is 65.7 Å². The smallest absolute Gasteiger partial charge is 0.188 e. The summed E-state index contributed by atoms with van der Waals surface area (Å²) in [7, 11) is -8.49. The molecule has 0 aliphatic carbocycles. The third-order valence-corrected chi connectivity index (χ3v) is 9.02. The SMILES string of the molecule is Cc1ccc(-c2ccc(S(=O)(=O)CCP(=O)([O-])Oc3ccc(C#N)c(F)c3)s2)cn1. The van der Waals surface area contributed by atoms with Crippen molar-refractivity contribution in [2.75, 3.05) is 11.9 Å². The van der Waals surface area contributed by atoms with E-state index in [1.807, 2.05) is 13.0 Å². The second kappa shape index (κ2) is 8.66. The molecule has 11 heteroatoms. The van der Waals surface area contributed by atoms with E-state index in [1.165, 1.54) is 6.07 Å². The van der Waals surface area contributed by atoms with Crippen LogP contribution in [0.15, 0.2) is 52.9 Å². The van der Waals surface area contributed by atoms with Gasteiger partial charge in [-0.25, -0.2) is 12.8 Å². The Bertz CT molecular complexity index is 1270. The number of sulfone groups is 1. The first-order chi connectivity index (χ1) is 14.1. The number of halogens is 1. The van der Waals surface area contributed by atoms with Crippen LogP contribution in [0.3, 0.4) is 0 Å². The largest absolute Gasteiger partial charge is 0.769 e.